The minimum atomic E-state index is -3.80. The largest absolute Gasteiger partial charge is 0.326 e. The van der Waals surface area contributed by atoms with E-state index < -0.39 is 21.7 Å². The van der Waals surface area contributed by atoms with Gasteiger partial charge in [0.2, 0.25) is 21.8 Å². The first-order valence-electron chi connectivity index (χ1n) is 7.69. The number of benzene rings is 2. The fraction of sp³-hybridized carbons (Fsp3) is 0.176. The van der Waals surface area contributed by atoms with Gasteiger partial charge in [-0.05, 0) is 36.4 Å². The molecule has 9 heteroatoms. The highest BCUT2D eigenvalue weighted by atomic mass is 32.2. The van der Waals surface area contributed by atoms with Crippen LogP contribution in [0, 0.1) is 5.82 Å². The maximum atomic E-state index is 13.4. The summed E-state index contributed by atoms with van der Waals surface area (Å²) in [6, 6.07) is 11.3. The molecule has 0 saturated carbocycles. The zero-order valence-corrected chi connectivity index (χ0v) is 14.8. The molecule has 0 atom stereocenters. The van der Waals surface area contributed by atoms with Crippen molar-refractivity contribution in [2.24, 2.45) is 0 Å². The number of halogens is 1. The molecular formula is C17H18FN3O4S. The third kappa shape index (κ3) is 5.64. The van der Waals surface area contributed by atoms with Gasteiger partial charge in [0.15, 0.2) is 0 Å². The normalized spacial score (nSPS) is 11.0. The van der Waals surface area contributed by atoms with Crippen molar-refractivity contribution in [2.75, 3.05) is 17.2 Å². The predicted molar refractivity (Wildman–Crippen MR) is 95.6 cm³/mol. The Morgan fingerprint density at radius 3 is 2.27 bits per heavy atom. The van der Waals surface area contributed by atoms with Crippen molar-refractivity contribution in [3.63, 3.8) is 0 Å². The number of nitrogens with one attached hydrogen (secondary N) is 3. The molecular weight excluding hydrogens is 361 g/mol. The lowest BCUT2D eigenvalue weighted by atomic mass is 10.3. The highest BCUT2D eigenvalue weighted by Gasteiger charge is 2.14. The molecule has 0 aliphatic heterocycles. The summed E-state index contributed by atoms with van der Waals surface area (Å²) in [5.41, 5.74) is 0.509. The number of amides is 2. The Kier molecular flexibility index (Phi) is 6.42. The highest BCUT2D eigenvalue weighted by Crippen LogP contribution is 2.14. The van der Waals surface area contributed by atoms with Crippen molar-refractivity contribution in [3.05, 3.63) is 54.3 Å². The topological polar surface area (TPSA) is 104 Å². The van der Waals surface area contributed by atoms with Crippen LogP contribution in [0.15, 0.2) is 53.4 Å². The summed E-state index contributed by atoms with van der Waals surface area (Å²) in [5, 5.41) is 4.90. The molecule has 0 aromatic heterocycles. The Morgan fingerprint density at radius 2 is 1.65 bits per heavy atom. The second-order valence-corrected chi connectivity index (χ2v) is 7.15. The number of hydrogen-bond acceptors (Lipinski definition) is 4. The lowest BCUT2D eigenvalue weighted by molar-refractivity contribution is -0.116. The van der Waals surface area contributed by atoms with Crippen molar-refractivity contribution in [1.29, 1.82) is 0 Å². The van der Waals surface area contributed by atoms with E-state index in [1.165, 1.54) is 49.4 Å². The molecule has 0 aliphatic carbocycles. The van der Waals surface area contributed by atoms with E-state index in [1.807, 2.05) is 0 Å². The molecule has 0 aliphatic rings. The number of rotatable bonds is 7. The van der Waals surface area contributed by atoms with E-state index in [-0.39, 0.29) is 29.5 Å². The van der Waals surface area contributed by atoms with Crippen molar-refractivity contribution in [2.45, 2.75) is 18.2 Å². The maximum absolute atomic E-state index is 13.4. The average Bonchev–Trinajstić information content (AvgIpc) is 2.57. The molecule has 2 aromatic carbocycles. The Labute approximate surface area is 150 Å². The van der Waals surface area contributed by atoms with Crippen LogP contribution >= 0.6 is 0 Å². The number of para-hydroxylation sites is 1. The van der Waals surface area contributed by atoms with Gasteiger partial charge in [-0.3, -0.25) is 9.59 Å². The molecule has 0 fully saturated rings. The van der Waals surface area contributed by atoms with Gasteiger partial charge in [-0.15, -0.1) is 0 Å². The van der Waals surface area contributed by atoms with E-state index in [0.717, 1.165) is 0 Å². The van der Waals surface area contributed by atoms with E-state index >= 15 is 0 Å². The summed E-state index contributed by atoms with van der Waals surface area (Å²) in [6.45, 7) is 1.20. The molecule has 0 radical (unpaired) electrons. The van der Waals surface area contributed by atoms with Crippen LogP contribution in [0.4, 0.5) is 15.8 Å². The maximum Gasteiger partial charge on any atom is 0.240 e. The second kappa shape index (κ2) is 8.54. The molecule has 0 spiro atoms. The summed E-state index contributed by atoms with van der Waals surface area (Å²) >= 11 is 0. The molecule has 0 heterocycles. The predicted octanol–water partition coefficient (Wildman–Crippen LogP) is 2.09. The lowest BCUT2D eigenvalue weighted by Gasteiger charge is -2.09. The van der Waals surface area contributed by atoms with Crippen molar-refractivity contribution in [1.82, 2.24) is 4.72 Å². The van der Waals surface area contributed by atoms with E-state index in [4.69, 9.17) is 0 Å². The quantitative estimate of drug-likeness (QED) is 0.685. The van der Waals surface area contributed by atoms with Crippen LogP contribution in [0.5, 0.6) is 0 Å². The highest BCUT2D eigenvalue weighted by molar-refractivity contribution is 7.89. The number of carbonyl (C=O) groups is 2. The Morgan fingerprint density at radius 1 is 1.00 bits per heavy atom. The Balaban J connectivity index is 1.88. The standard InChI is InChI=1S/C17H18FN3O4S/c1-12(22)20-13-6-8-14(9-7-13)26(24,25)19-11-10-17(23)21-16-5-3-2-4-15(16)18/h2-9,19H,10-11H2,1H3,(H,20,22)(H,21,23). The van der Waals surface area contributed by atoms with Crippen LogP contribution in [0.25, 0.3) is 0 Å². The third-order valence-electron chi connectivity index (χ3n) is 3.28. The molecule has 2 rings (SSSR count). The minimum Gasteiger partial charge on any atom is -0.326 e. The molecule has 2 amide bonds. The summed E-state index contributed by atoms with van der Waals surface area (Å²) in [5.74, 6) is -1.35. The molecule has 0 unspecified atom stereocenters. The van der Waals surface area contributed by atoms with Gasteiger partial charge >= 0.3 is 0 Å². The van der Waals surface area contributed by atoms with Gasteiger partial charge in [0.25, 0.3) is 0 Å². The van der Waals surface area contributed by atoms with Crippen LogP contribution in [-0.4, -0.2) is 26.8 Å². The van der Waals surface area contributed by atoms with E-state index in [0.29, 0.717) is 5.69 Å². The van der Waals surface area contributed by atoms with Crippen molar-refractivity contribution >= 4 is 33.2 Å². The molecule has 2 aromatic rings. The van der Waals surface area contributed by atoms with Gasteiger partial charge in [-0.2, -0.15) is 0 Å². The number of sulfonamides is 1. The molecule has 0 saturated heterocycles. The molecule has 0 bridgehead atoms. The lowest BCUT2D eigenvalue weighted by Crippen LogP contribution is -2.28. The van der Waals surface area contributed by atoms with Gasteiger partial charge in [-0.25, -0.2) is 17.5 Å². The van der Waals surface area contributed by atoms with Gasteiger partial charge in [0.05, 0.1) is 10.6 Å². The van der Waals surface area contributed by atoms with Crippen molar-refractivity contribution < 1.29 is 22.4 Å². The zero-order valence-electron chi connectivity index (χ0n) is 14.0. The van der Waals surface area contributed by atoms with Crippen molar-refractivity contribution in [3.8, 4) is 0 Å². The fourth-order valence-electron chi connectivity index (χ4n) is 2.08. The summed E-state index contributed by atoms with van der Waals surface area (Å²) in [4.78, 5) is 22.7. The Bertz CT molecular complexity index is 898. The minimum absolute atomic E-state index is 0.00103. The summed E-state index contributed by atoms with van der Waals surface area (Å²) in [7, 11) is -3.80. The summed E-state index contributed by atoms with van der Waals surface area (Å²) < 4.78 is 40.1. The van der Waals surface area contributed by atoms with Gasteiger partial charge < -0.3 is 10.6 Å². The SMILES string of the molecule is CC(=O)Nc1ccc(S(=O)(=O)NCCC(=O)Nc2ccccc2F)cc1. The zero-order chi connectivity index (χ0) is 19.2. The molecule has 138 valence electrons. The first-order valence-corrected chi connectivity index (χ1v) is 9.18. The van der Waals surface area contributed by atoms with Gasteiger partial charge in [-0.1, -0.05) is 12.1 Å². The van der Waals surface area contributed by atoms with Crippen LogP contribution in [0.2, 0.25) is 0 Å². The number of hydrogen-bond donors (Lipinski definition) is 3. The molecule has 7 nitrogen and oxygen atoms in total. The van der Waals surface area contributed by atoms with Gasteiger partial charge in [0, 0.05) is 25.6 Å². The fourth-order valence-corrected chi connectivity index (χ4v) is 3.11. The van der Waals surface area contributed by atoms with E-state index in [1.54, 1.807) is 6.07 Å². The number of carbonyl (C=O) groups excluding carboxylic acids is 2. The van der Waals surface area contributed by atoms with E-state index in [2.05, 4.69) is 15.4 Å². The van der Waals surface area contributed by atoms with Crippen LogP contribution in [0.3, 0.4) is 0 Å². The Hall–Kier alpha value is -2.78. The van der Waals surface area contributed by atoms with Gasteiger partial charge in [0.1, 0.15) is 5.82 Å². The molecule has 3 N–H and O–H groups in total. The second-order valence-electron chi connectivity index (χ2n) is 5.38. The monoisotopic (exact) mass is 379 g/mol. The van der Waals surface area contributed by atoms with Crippen LogP contribution < -0.4 is 15.4 Å². The first-order chi connectivity index (χ1) is 12.3. The first kappa shape index (κ1) is 19.5. The summed E-state index contributed by atoms with van der Waals surface area (Å²) in [6.07, 6.45) is -0.155. The smallest absolute Gasteiger partial charge is 0.240 e. The third-order valence-corrected chi connectivity index (χ3v) is 4.75. The average molecular weight is 379 g/mol. The van der Waals surface area contributed by atoms with Crippen LogP contribution in [0.1, 0.15) is 13.3 Å². The molecule has 26 heavy (non-hydrogen) atoms. The number of anilines is 2. The van der Waals surface area contributed by atoms with Crippen LogP contribution in [-0.2, 0) is 19.6 Å². The van der Waals surface area contributed by atoms with E-state index in [9.17, 15) is 22.4 Å².